The third-order valence-corrected chi connectivity index (χ3v) is 3.74. The molecule has 2 heterocycles. The molecule has 0 saturated carbocycles. The van der Waals surface area contributed by atoms with Gasteiger partial charge in [-0.15, -0.1) is 10.2 Å². The summed E-state index contributed by atoms with van der Waals surface area (Å²) in [7, 11) is 0. The zero-order chi connectivity index (χ0) is 11.8. The molecule has 3 rings (SSSR count). The predicted molar refractivity (Wildman–Crippen MR) is 68.0 cm³/mol. The van der Waals surface area contributed by atoms with Crippen LogP contribution in [0.1, 0.15) is 11.4 Å². The minimum atomic E-state index is 0.630. The first-order valence-corrected chi connectivity index (χ1v) is 6.08. The second kappa shape index (κ2) is 4.12. The van der Waals surface area contributed by atoms with Crippen LogP contribution in [0.15, 0.2) is 22.8 Å². The lowest BCUT2D eigenvalue weighted by molar-refractivity contribution is 0.881. The van der Waals surface area contributed by atoms with Crippen molar-refractivity contribution in [2.24, 2.45) is 0 Å². The first-order chi connectivity index (χ1) is 8.24. The molecule has 5 nitrogen and oxygen atoms in total. The summed E-state index contributed by atoms with van der Waals surface area (Å²) in [5.41, 5.74) is 2.11. The van der Waals surface area contributed by atoms with Crippen LogP contribution in [0.25, 0.3) is 10.9 Å². The van der Waals surface area contributed by atoms with Gasteiger partial charge in [0.15, 0.2) is 5.82 Å². The van der Waals surface area contributed by atoms with Gasteiger partial charge in [0.05, 0.1) is 5.02 Å². The molecular weight excluding hydrogens is 306 g/mol. The average molecular weight is 313 g/mol. The van der Waals surface area contributed by atoms with Crippen molar-refractivity contribution < 1.29 is 0 Å². The molecule has 0 unspecified atom stereocenters. The molecule has 86 valence electrons. The zero-order valence-corrected chi connectivity index (χ0v) is 10.9. The Kier molecular flexibility index (Phi) is 2.60. The maximum atomic E-state index is 6.03. The molecule has 0 atom stereocenters. The predicted octanol–water partition coefficient (Wildman–Crippen LogP) is 2.69. The highest BCUT2D eigenvalue weighted by molar-refractivity contribution is 9.10. The minimum absolute atomic E-state index is 0.630. The number of rotatable bonds is 2. The van der Waals surface area contributed by atoms with Gasteiger partial charge in [0.1, 0.15) is 0 Å². The van der Waals surface area contributed by atoms with Crippen LogP contribution >= 0.6 is 27.5 Å². The van der Waals surface area contributed by atoms with Crippen LogP contribution in [-0.2, 0) is 6.42 Å². The largest absolute Gasteiger partial charge is 0.361 e. The second-order valence-corrected chi connectivity index (χ2v) is 4.89. The van der Waals surface area contributed by atoms with E-state index in [-0.39, 0.29) is 0 Å². The molecule has 7 heteroatoms. The maximum Gasteiger partial charge on any atom is 0.178 e. The van der Waals surface area contributed by atoms with Crippen molar-refractivity contribution in [2.45, 2.75) is 6.42 Å². The topological polar surface area (TPSA) is 70.2 Å². The van der Waals surface area contributed by atoms with E-state index in [1.165, 1.54) is 0 Å². The van der Waals surface area contributed by atoms with E-state index in [1.807, 2.05) is 18.3 Å². The van der Waals surface area contributed by atoms with Gasteiger partial charge in [-0.3, -0.25) is 0 Å². The quantitative estimate of drug-likeness (QED) is 0.764. The molecule has 0 spiro atoms. The van der Waals surface area contributed by atoms with E-state index < -0.39 is 0 Å². The van der Waals surface area contributed by atoms with E-state index in [0.717, 1.165) is 20.9 Å². The lowest BCUT2D eigenvalue weighted by atomic mass is 10.1. The highest BCUT2D eigenvalue weighted by atomic mass is 79.9. The van der Waals surface area contributed by atoms with E-state index in [4.69, 9.17) is 11.6 Å². The van der Waals surface area contributed by atoms with Gasteiger partial charge < -0.3 is 4.98 Å². The molecule has 0 bridgehead atoms. The first kappa shape index (κ1) is 10.7. The number of tetrazole rings is 1. The third kappa shape index (κ3) is 1.94. The lowest BCUT2D eigenvalue weighted by Gasteiger charge is -1.98. The minimum Gasteiger partial charge on any atom is -0.361 e. The van der Waals surface area contributed by atoms with E-state index in [1.54, 1.807) is 0 Å². The Morgan fingerprint density at radius 3 is 3.00 bits per heavy atom. The number of H-pyrrole nitrogens is 2. The third-order valence-electron chi connectivity index (χ3n) is 2.55. The maximum absolute atomic E-state index is 6.03. The van der Waals surface area contributed by atoms with Gasteiger partial charge in [-0.05, 0) is 33.6 Å². The highest BCUT2D eigenvalue weighted by Gasteiger charge is 2.09. The van der Waals surface area contributed by atoms with Gasteiger partial charge in [-0.25, -0.2) is 0 Å². The number of benzene rings is 1. The smallest absolute Gasteiger partial charge is 0.178 e. The summed E-state index contributed by atoms with van der Waals surface area (Å²) in [6, 6.07) is 3.88. The van der Waals surface area contributed by atoms with Crippen LogP contribution in [-0.4, -0.2) is 25.6 Å². The normalized spacial score (nSPS) is 11.2. The second-order valence-electron chi connectivity index (χ2n) is 3.63. The summed E-state index contributed by atoms with van der Waals surface area (Å²) in [6.45, 7) is 0. The van der Waals surface area contributed by atoms with Gasteiger partial charge in [0.2, 0.25) is 0 Å². The molecule has 2 aromatic heterocycles. The van der Waals surface area contributed by atoms with Crippen LogP contribution in [0.4, 0.5) is 0 Å². The first-order valence-electron chi connectivity index (χ1n) is 4.91. The summed E-state index contributed by atoms with van der Waals surface area (Å²) in [6.07, 6.45) is 2.56. The average Bonchev–Trinajstić information content (AvgIpc) is 2.92. The SMILES string of the molecule is Clc1cc2[nH]cc(Cc3nn[nH]n3)c2cc1Br. The summed E-state index contributed by atoms with van der Waals surface area (Å²) in [4.78, 5) is 3.18. The van der Waals surface area contributed by atoms with Crippen molar-refractivity contribution in [3.63, 3.8) is 0 Å². The van der Waals surface area contributed by atoms with Gasteiger partial charge in [0.25, 0.3) is 0 Å². The number of hydrogen-bond acceptors (Lipinski definition) is 3. The fraction of sp³-hybridized carbons (Fsp3) is 0.100. The van der Waals surface area contributed by atoms with Crippen molar-refractivity contribution in [2.75, 3.05) is 0 Å². The van der Waals surface area contributed by atoms with E-state index in [0.29, 0.717) is 17.3 Å². The molecule has 0 amide bonds. The van der Waals surface area contributed by atoms with Gasteiger partial charge in [-0.2, -0.15) is 5.21 Å². The van der Waals surface area contributed by atoms with Crippen molar-refractivity contribution in [1.29, 1.82) is 0 Å². The Morgan fingerprint density at radius 1 is 1.35 bits per heavy atom. The Bertz CT molecular complexity index is 661. The number of hydrogen-bond donors (Lipinski definition) is 2. The number of nitrogens with zero attached hydrogens (tertiary/aromatic N) is 3. The zero-order valence-electron chi connectivity index (χ0n) is 8.54. The number of halogens is 2. The highest BCUT2D eigenvalue weighted by Crippen LogP contribution is 2.30. The molecular formula is C10H7BrClN5. The Morgan fingerprint density at radius 2 is 2.24 bits per heavy atom. The van der Waals surface area contributed by atoms with E-state index in [2.05, 4.69) is 41.5 Å². The van der Waals surface area contributed by atoms with E-state index >= 15 is 0 Å². The van der Waals surface area contributed by atoms with Gasteiger partial charge in [-0.1, -0.05) is 16.8 Å². The molecule has 17 heavy (non-hydrogen) atoms. The fourth-order valence-corrected chi connectivity index (χ4v) is 2.26. The van der Waals surface area contributed by atoms with Crippen molar-refractivity contribution in [3.8, 4) is 0 Å². The number of aromatic amines is 2. The van der Waals surface area contributed by atoms with Gasteiger partial charge >= 0.3 is 0 Å². The molecule has 0 aliphatic carbocycles. The summed E-state index contributed by atoms with van der Waals surface area (Å²) < 4.78 is 0.876. The Hall–Kier alpha value is -1.40. The molecule has 3 aromatic rings. The number of fused-ring (bicyclic) bond motifs is 1. The van der Waals surface area contributed by atoms with Crippen LogP contribution in [0.2, 0.25) is 5.02 Å². The van der Waals surface area contributed by atoms with Gasteiger partial charge in [0, 0.05) is 28.0 Å². The standard InChI is InChI=1S/C10H7BrClN5/c11-7-2-6-5(1-10-14-16-17-15-10)4-13-9(6)3-8(7)12/h2-4,13H,1H2,(H,14,15,16,17). The van der Waals surface area contributed by atoms with E-state index in [9.17, 15) is 0 Å². The fourth-order valence-electron chi connectivity index (χ4n) is 1.75. The summed E-state index contributed by atoms with van der Waals surface area (Å²) >= 11 is 9.45. The molecule has 0 fully saturated rings. The molecule has 0 aliphatic rings. The summed E-state index contributed by atoms with van der Waals surface area (Å²) in [5, 5.41) is 15.6. The Balaban J connectivity index is 2.08. The molecule has 2 N–H and O–H groups in total. The van der Waals surface area contributed by atoms with Crippen LogP contribution < -0.4 is 0 Å². The molecule has 0 aliphatic heterocycles. The summed E-state index contributed by atoms with van der Waals surface area (Å²) in [5.74, 6) is 0.664. The van der Waals surface area contributed by atoms with Crippen LogP contribution in [0, 0.1) is 0 Å². The monoisotopic (exact) mass is 311 g/mol. The molecule has 1 aromatic carbocycles. The number of aromatic nitrogens is 5. The van der Waals surface area contributed by atoms with Crippen LogP contribution in [0.5, 0.6) is 0 Å². The van der Waals surface area contributed by atoms with Crippen LogP contribution in [0.3, 0.4) is 0 Å². The van der Waals surface area contributed by atoms with Crippen molar-refractivity contribution in [3.05, 3.63) is 39.2 Å². The number of nitrogens with one attached hydrogen (secondary N) is 2. The van der Waals surface area contributed by atoms with Crippen molar-refractivity contribution in [1.82, 2.24) is 25.6 Å². The molecule has 0 saturated heterocycles. The Labute approximate surface area is 110 Å². The lowest BCUT2D eigenvalue weighted by Crippen LogP contribution is -1.89. The van der Waals surface area contributed by atoms with Crippen molar-refractivity contribution >= 4 is 38.4 Å². The molecule has 0 radical (unpaired) electrons.